The van der Waals surface area contributed by atoms with Crippen molar-refractivity contribution in [3.63, 3.8) is 0 Å². The second-order valence-corrected chi connectivity index (χ2v) is 6.50. The van der Waals surface area contributed by atoms with Gasteiger partial charge in [0.05, 0.1) is 18.1 Å². The Morgan fingerprint density at radius 1 is 1.37 bits per heavy atom. The minimum absolute atomic E-state index is 0.215. The molecule has 0 saturated carbocycles. The number of hydrogen-bond acceptors (Lipinski definition) is 6. The number of ether oxygens (including phenoxy) is 1. The van der Waals surface area contributed by atoms with Crippen molar-refractivity contribution in [2.75, 3.05) is 6.61 Å². The summed E-state index contributed by atoms with van der Waals surface area (Å²) in [7, 11) is 0. The van der Waals surface area contributed by atoms with Gasteiger partial charge in [-0.25, -0.2) is 4.79 Å². The molecule has 0 amide bonds. The van der Waals surface area contributed by atoms with Crippen molar-refractivity contribution < 1.29 is 19.4 Å². The lowest BCUT2D eigenvalue weighted by Gasteiger charge is -2.13. The first-order chi connectivity index (χ1) is 13.1. The van der Waals surface area contributed by atoms with Gasteiger partial charge < -0.3 is 19.4 Å². The third-order valence-corrected chi connectivity index (χ3v) is 4.70. The van der Waals surface area contributed by atoms with Gasteiger partial charge in [0.15, 0.2) is 0 Å². The Morgan fingerprint density at radius 2 is 2.19 bits per heavy atom. The molecule has 1 fully saturated rings. The molecule has 1 aliphatic rings. The number of allylic oxidation sites excluding steroid dienone is 1. The molecule has 0 unspecified atom stereocenters. The lowest BCUT2D eigenvalue weighted by atomic mass is 10.0. The lowest BCUT2D eigenvalue weighted by molar-refractivity contribution is -0.0457. The topological polar surface area (TPSA) is 97.7 Å². The average Bonchev–Trinajstić information content (AvgIpc) is 3.24. The highest BCUT2D eigenvalue weighted by atomic mass is 16.5. The predicted molar refractivity (Wildman–Crippen MR) is 100 cm³/mol. The van der Waals surface area contributed by atoms with Gasteiger partial charge in [-0.2, -0.15) is 4.98 Å². The molecule has 3 atom stereocenters. The van der Waals surface area contributed by atoms with Gasteiger partial charge in [0, 0.05) is 18.2 Å². The molecule has 3 heterocycles. The first-order valence-electron chi connectivity index (χ1n) is 8.80. The monoisotopic (exact) mass is 368 g/mol. The molecule has 27 heavy (non-hydrogen) atoms. The number of aromatic nitrogens is 2. The Bertz CT molecular complexity index is 1050. The van der Waals surface area contributed by atoms with Crippen LogP contribution in [0.1, 0.15) is 25.1 Å². The molecule has 4 rings (SSSR count). The quantitative estimate of drug-likeness (QED) is 0.733. The van der Waals surface area contributed by atoms with Crippen molar-refractivity contribution in [1.82, 2.24) is 9.55 Å². The zero-order valence-electron chi connectivity index (χ0n) is 14.8. The van der Waals surface area contributed by atoms with E-state index in [9.17, 15) is 15.0 Å². The molecule has 1 aromatic carbocycles. The van der Waals surface area contributed by atoms with Crippen LogP contribution in [0, 0.1) is 0 Å². The van der Waals surface area contributed by atoms with Gasteiger partial charge in [-0.05, 0) is 18.6 Å². The summed E-state index contributed by atoms with van der Waals surface area (Å²) in [4.78, 5) is 16.4. The molecule has 2 aromatic heterocycles. The second-order valence-electron chi connectivity index (χ2n) is 6.50. The summed E-state index contributed by atoms with van der Waals surface area (Å²) in [5.41, 5.74) is 1.63. The molecule has 140 valence electrons. The molecular formula is C20H20N2O5. The summed E-state index contributed by atoms with van der Waals surface area (Å²) in [5, 5.41) is 19.8. The van der Waals surface area contributed by atoms with Crippen LogP contribution in [0.25, 0.3) is 28.5 Å². The average molecular weight is 368 g/mol. The fourth-order valence-electron chi connectivity index (χ4n) is 3.36. The molecule has 0 radical (unpaired) electrons. The summed E-state index contributed by atoms with van der Waals surface area (Å²) in [6.45, 7) is 1.64. The zero-order chi connectivity index (χ0) is 19.0. The lowest BCUT2D eigenvalue weighted by Crippen LogP contribution is -2.27. The summed E-state index contributed by atoms with van der Waals surface area (Å²) >= 11 is 0. The van der Waals surface area contributed by atoms with E-state index in [4.69, 9.17) is 9.15 Å². The minimum atomic E-state index is -0.824. The Morgan fingerprint density at radius 3 is 2.93 bits per heavy atom. The highest BCUT2D eigenvalue weighted by Gasteiger charge is 2.35. The first kappa shape index (κ1) is 17.7. The van der Waals surface area contributed by atoms with Crippen LogP contribution in [0.2, 0.25) is 0 Å². The van der Waals surface area contributed by atoms with E-state index in [1.807, 2.05) is 49.4 Å². The fourth-order valence-corrected chi connectivity index (χ4v) is 3.36. The molecule has 1 saturated heterocycles. The van der Waals surface area contributed by atoms with E-state index in [1.54, 1.807) is 6.20 Å². The third kappa shape index (κ3) is 3.21. The van der Waals surface area contributed by atoms with Gasteiger partial charge in [0.1, 0.15) is 18.1 Å². The maximum absolute atomic E-state index is 12.4. The van der Waals surface area contributed by atoms with Gasteiger partial charge in [-0.3, -0.25) is 4.57 Å². The summed E-state index contributed by atoms with van der Waals surface area (Å²) < 4.78 is 12.7. The normalized spacial score (nSPS) is 22.9. The number of hydrogen-bond donors (Lipinski definition) is 2. The number of benzene rings is 1. The summed E-state index contributed by atoms with van der Waals surface area (Å²) in [6.07, 6.45) is 3.57. The zero-order valence-corrected chi connectivity index (χ0v) is 14.8. The SMILES string of the molecule is C/C=C/c1ccccc1-c1cc2cn([C@H]3C[C@H](O)[C@@H](CO)O3)c(=O)nc2o1. The maximum atomic E-state index is 12.4. The number of nitrogens with zero attached hydrogens (tertiary/aromatic N) is 2. The van der Waals surface area contributed by atoms with Gasteiger partial charge in [0.25, 0.3) is 0 Å². The summed E-state index contributed by atoms with van der Waals surface area (Å²) in [5.74, 6) is 0.615. The molecule has 2 N–H and O–H groups in total. The Balaban J connectivity index is 1.76. The van der Waals surface area contributed by atoms with Crippen LogP contribution in [-0.4, -0.2) is 38.6 Å². The number of aliphatic hydroxyl groups excluding tert-OH is 2. The molecule has 1 aliphatic heterocycles. The van der Waals surface area contributed by atoms with E-state index in [2.05, 4.69) is 4.98 Å². The van der Waals surface area contributed by atoms with Gasteiger partial charge >= 0.3 is 5.69 Å². The van der Waals surface area contributed by atoms with Gasteiger partial charge in [-0.1, -0.05) is 36.4 Å². The van der Waals surface area contributed by atoms with E-state index in [0.29, 0.717) is 11.1 Å². The number of aliphatic hydroxyl groups is 2. The van der Waals surface area contributed by atoms with E-state index >= 15 is 0 Å². The molecule has 7 nitrogen and oxygen atoms in total. The molecule has 3 aromatic rings. The minimum Gasteiger partial charge on any atom is -0.437 e. The smallest absolute Gasteiger partial charge is 0.353 e. The van der Waals surface area contributed by atoms with E-state index in [1.165, 1.54) is 4.57 Å². The largest absolute Gasteiger partial charge is 0.437 e. The van der Waals surface area contributed by atoms with Crippen LogP contribution in [0.5, 0.6) is 0 Å². The number of furan rings is 1. The Kier molecular flexibility index (Phi) is 4.65. The van der Waals surface area contributed by atoms with Crippen molar-refractivity contribution in [3.05, 3.63) is 58.7 Å². The fraction of sp³-hybridized carbons (Fsp3) is 0.300. The molecule has 0 spiro atoms. The van der Waals surface area contributed by atoms with Gasteiger partial charge in [-0.15, -0.1) is 0 Å². The van der Waals surface area contributed by atoms with Crippen LogP contribution in [-0.2, 0) is 4.74 Å². The van der Waals surface area contributed by atoms with E-state index < -0.39 is 24.1 Å². The standard InChI is InChI=1S/C20H20N2O5/c1-2-5-12-6-3-4-7-14(12)16-8-13-10-22(20(25)21-19(13)27-16)18-9-15(24)17(11-23)26-18/h2-8,10,15,17-18,23-24H,9,11H2,1H3/b5-2+/t15-,17+,18+/m0/s1. The maximum Gasteiger partial charge on any atom is 0.353 e. The third-order valence-electron chi connectivity index (χ3n) is 4.70. The summed E-state index contributed by atoms with van der Waals surface area (Å²) in [6, 6.07) is 9.63. The predicted octanol–water partition coefficient (Wildman–Crippen LogP) is 2.33. The van der Waals surface area contributed by atoms with Crippen molar-refractivity contribution in [2.24, 2.45) is 0 Å². The van der Waals surface area contributed by atoms with Crippen molar-refractivity contribution in [1.29, 1.82) is 0 Å². The highest BCUT2D eigenvalue weighted by Crippen LogP contribution is 2.31. The van der Waals surface area contributed by atoms with Crippen LogP contribution in [0.15, 0.2) is 51.8 Å². The Labute approximate surface area is 155 Å². The number of rotatable bonds is 4. The van der Waals surface area contributed by atoms with E-state index in [0.717, 1.165) is 11.1 Å². The Hall–Kier alpha value is -2.74. The first-order valence-corrected chi connectivity index (χ1v) is 8.80. The van der Waals surface area contributed by atoms with Crippen LogP contribution in [0.4, 0.5) is 0 Å². The van der Waals surface area contributed by atoms with Crippen LogP contribution >= 0.6 is 0 Å². The van der Waals surface area contributed by atoms with Crippen molar-refractivity contribution in [2.45, 2.75) is 31.8 Å². The molecule has 0 bridgehead atoms. The van der Waals surface area contributed by atoms with Crippen molar-refractivity contribution >= 4 is 17.2 Å². The van der Waals surface area contributed by atoms with Crippen molar-refractivity contribution in [3.8, 4) is 11.3 Å². The molecule has 0 aliphatic carbocycles. The molecule has 7 heteroatoms. The van der Waals surface area contributed by atoms with Crippen LogP contribution in [0.3, 0.4) is 0 Å². The molecular weight excluding hydrogens is 348 g/mol. The number of fused-ring (bicyclic) bond motifs is 1. The second kappa shape index (κ2) is 7.11. The highest BCUT2D eigenvalue weighted by molar-refractivity contribution is 5.82. The van der Waals surface area contributed by atoms with Crippen LogP contribution < -0.4 is 5.69 Å². The van der Waals surface area contributed by atoms with Gasteiger partial charge in [0.2, 0.25) is 5.71 Å². The van der Waals surface area contributed by atoms with E-state index in [-0.39, 0.29) is 18.7 Å².